The van der Waals surface area contributed by atoms with Gasteiger partial charge in [-0.3, -0.25) is 9.59 Å². The second kappa shape index (κ2) is 10.8. The number of fused-ring (bicyclic) bond motifs is 2. The van der Waals surface area contributed by atoms with Crippen molar-refractivity contribution >= 4 is 24.4 Å². The van der Waals surface area contributed by atoms with Gasteiger partial charge >= 0.3 is 0 Å². The van der Waals surface area contributed by atoms with Crippen molar-refractivity contribution in [2.45, 2.75) is 26.4 Å². The lowest BCUT2D eigenvalue weighted by Gasteiger charge is -2.33. The van der Waals surface area contributed by atoms with Gasteiger partial charge in [0.05, 0.1) is 6.61 Å². The average Bonchev–Trinajstić information content (AvgIpc) is 2.79. The van der Waals surface area contributed by atoms with Gasteiger partial charge in [0.15, 0.2) is 6.10 Å². The van der Waals surface area contributed by atoms with Gasteiger partial charge in [-0.2, -0.15) is 12.6 Å². The van der Waals surface area contributed by atoms with Gasteiger partial charge in [-0.1, -0.05) is 50.2 Å². The van der Waals surface area contributed by atoms with Crippen LogP contribution in [0.4, 0.5) is 0 Å². The first-order valence-electron chi connectivity index (χ1n) is 10.5. The highest BCUT2D eigenvalue weighted by Crippen LogP contribution is 2.44. The standard InChI is InChI=1S/C24H29N2O5S/c1-24(2,22(28)23(29)26-12-11-20(27)25-13-14-32)15-30-21-16-7-3-5-9-18(16)31-19-10-6-4-8-17(19)21/h3-10,22,28,32H,11-15H2,1-2H3,(H,25,27)(H,26,29). The van der Waals surface area contributed by atoms with Gasteiger partial charge in [0.25, 0.3) is 0 Å². The number of benzene rings is 2. The minimum atomic E-state index is -1.31. The smallest absolute Gasteiger partial charge is 0.249 e. The predicted octanol–water partition coefficient (Wildman–Crippen LogP) is 2.68. The molecule has 1 heterocycles. The molecule has 2 amide bonds. The van der Waals surface area contributed by atoms with E-state index < -0.39 is 17.4 Å². The summed E-state index contributed by atoms with van der Waals surface area (Å²) < 4.78 is 12.1. The topological polar surface area (TPSA) is 96.9 Å². The van der Waals surface area contributed by atoms with Crippen LogP contribution in [0, 0.1) is 11.5 Å². The molecule has 0 bridgehead atoms. The Morgan fingerprint density at radius 2 is 1.62 bits per heavy atom. The number of ether oxygens (including phenoxy) is 2. The summed E-state index contributed by atoms with van der Waals surface area (Å²) in [5.41, 5.74) is 0.745. The molecular weight excluding hydrogens is 428 g/mol. The van der Waals surface area contributed by atoms with Crippen molar-refractivity contribution in [3.8, 4) is 11.5 Å². The summed E-state index contributed by atoms with van der Waals surface area (Å²) >= 11 is 4.03. The highest BCUT2D eigenvalue weighted by Gasteiger charge is 2.37. The lowest BCUT2D eigenvalue weighted by molar-refractivity contribution is -0.137. The number of nitrogens with one attached hydrogen (secondary N) is 2. The number of aliphatic hydroxyl groups is 1. The van der Waals surface area contributed by atoms with E-state index in [0.717, 1.165) is 11.1 Å². The number of aliphatic hydroxyl groups excluding tert-OH is 1. The minimum Gasteiger partial charge on any atom is -0.457 e. The molecule has 3 N–H and O–H groups in total. The average molecular weight is 458 g/mol. The Labute approximate surface area is 193 Å². The normalized spacial score (nSPS) is 14.0. The fourth-order valence-electron chi connectivity index (χ4n) is 3.28. The van der Waals surface area contributed by atoms with Crippen molar-refractivity contribution in [1.29, 1.82) is 0 Å². The lowest BCUT2D eigenvalue weighted by atomic mass is 9.86. The molecule has 2 aromatic carbocycles. The maximum absolute atomic E-state index is 12.4. The predicted molar refractivity (Wildman–Crippen MR) is 125 cm³/mol. The summed E-state index contributed by atoms with van der Waals surface area (Å²) in [6.07, 6.45) is -0.535. The maximum Gasteiger partial charge on any atom is 0.249 e. The molecule has 3 rings (SSSR count). The largest absolute Gasteiger partial charge is 0.457 e. The number of thiol groups is 1. The van der Waals surface area contributed by atoms with Crippen LogP contribution in [-0.2, 0) is 14.3 Å². The van der Waals surface area contributed by atoms with Crippen LogP contribution in [0.25, 0.3) is 0 Å². The zero-order chi connectivity index (χ0) is 23.1. The molecule has 171 valence electrons. The Morgan fingerprint density at radius 3 is 2.22 bits per heavy atom. The SMILES string of the molecule is CC(C)(CO[C]1c2ccccc2Oc2ccccc21)C(O)C(=O)NCCC(=O)NCCS. The van der Waals surface area contributed by atoms with Crippen LogP contribution in [0.1, 0.15) is 31.4 Å². The molecule has 0 fully saturated rings. The Balaban J connectivity index is 1.61. The molecule has 1 radical (unpaired) electrons. The first-order chi connectivity index (χ1) is 15.3. The molecule has 0 aliphatic carbocycles. The van der Waals surface area contributed by atoms with Crippen LogP contribution in [0.2, 0.25) is 0 Å². The van der Waals surface area contributed by atoms with E-state index in [1.165, 1.54) is 0 Å². The summed E-state index contributed by atoms with van der Waals surface area (Å²) in [6.45, 7) is 4.23. The molecule has 1 atom stereocenters. The van der Waals surface area contributed by atoms with E-state index in [-0.39, 0.29) is 25.5 Å². The van der Waals surface area contributed by atoms with Gasteiger partial charge in [0.2, 0.25) is 11.8 Å². The van der Waals surface area contributed by atoms with Crippen molar-refractivity contribution < 1.29 is 24.2 Å². The number of hydrogen-bond acceptors (Lipinski definition) is 6. The second-order valence-electron chi connectivity index (χ2n) is 8.22. The van der Waals surface area contributed by atoms with E-state index in [2.05, 4.69) is 23.3 Å². The zero-order valence-corrected chi connectivity index (χ0v) is 19.2. The van der Waals surface area contributed by atoms with Gasteiger partial charge < -0.3 is 25.2 Å². The molecule has 2 aromatic rings. The summed E-state index contributed by atoms with van der Waals surface area (Å²) in [6, 6.07) is 15.1. The first kappa shape index (κ1) is 24.1. The van der Waals surface area contributed by atoms with Gasteiger partial charge in [0.1, 0.15) is 17.6 Å². The Bertz CT molecular complexity index is 904. The van der Waals surface area contributed by atoms with Gasteiger partial charge in [-0.05, 0) is 12.1 Å². The van der Waals surface area contributed by atoms with E-state index in [9.17, 15) is 14.7 Å². The van der Waals surface area contributed by atoms with Crippen LogP contribution in [0.5, 0.6) is 11.5 Å². The maximum atomic E-state index is 12.4. The van der Waals surface area contributed by atoms with Crippen molar-refractivity contribution in [1.82, 2.24) is 10.6 Å². The summed E-state index contributed by atoms with van der Waals surface area (Å²) in [5, 5.41) is 15.9. The minimum absolute atomic E-state index is 0.0992. The monoisotopic (exact) mass is 457 g/mol. The van der Waals surface area contributed by atoms with Crippen LogP contribution in [0.3, 0.4) is 0 Å². The molecule has 1 aliphatic heterocycles. The van der Waals surface area contributed by atoms with Crippen LogP contribution in [-0.4, -0.2) is 48.5 Å². The van der Waals surface area contributed by atoms with Crippen LogP contribution < -0.4 is 15.4 Å². The van der Waals surface area contributed by atoms with E-state index in [0.29, 0.717) is 29.9 Å². The molecule has 1 aliphatic rings. The zero-order valence-electron chi connectivity index (χ0n) is 18.3. The summed E-state index contributed by atoms with van der Waals surface area (Å²) in [7, 11) is 0. The van der Waals surface area contributed by atoms with E-state index in [4.69, 9.17) is 9.47 Å². The number of rotatable bonds is 10. The Hall–Kier alpha value is -2.55. The Morgan fingerprint density at radius 1 is 1.03 bits per heavy atom. The summed E-state index contributed by atoms with van der Waals surface area (Å²) in [5.74, 6) is 1.20. The number of carbonyl (C=O) groups is 2. The van der Waals surface area contributed by atoms with Crippen molar-refractivity contribution in [2.24, 2.45) is 5.41 Å². The lowest BCUT2D eigenvalue weighted by Crippen LogP contribution is -2.47. The molecule has 32 heavy (non-hydrogen) atoms. The fourth-order valence-corrected chi connectivity index (χ4v) is 3.39. The van der Waals surface area contributed by atoms with Gasteiger partial charge in [-0.25, -0.2) is 0 Å². The number of amides is 2. The van der Waals surface area contributed by atoms with Crippen molar-refractivity contribution in [2.75, 3.05) is 25.4 Å². The molecule has 8 heteroatoms. The molecular formula is C24H29N2O5S. The van der Waals surface area contributed by atoms with E-state index >= 15 is 0 Å². The van der Waals surface area contributed by atoms with Gasteiger partial charge in [-0.15, -0.1) is 0 Å². The Kier molecular flexibility index (Phi) is 8.17. The molecule has 7 nitrogen and oxygen atoms in total. The van der Waals surface area contributed by atoms with Crippen molar-refractivity contribution in [3.63, 3.8) is 0 Å². The quantitative estimate of drug-likeness (QED) is 0.412. The number of hydrogen-bond donors (Lipinski definition) is 4. The fraction of sp³-hybridized carbons (Fsp3) is 0.375. The van der Waals surface area contributed by atoms with E-state index in [1.807, 2.05) is 48.5 Å². The first-order valence-corrected chi connectivity index (χ1v) is 11.2. The highest BCUT2D eigenvalue weighted by atomic mass is 32.1. The molecule has 0 saturated carbocycles. The molecule has 0 spiro atoms. The molecule has 0 saturated heterocycles. The van der Waals surface area contributed by atoms with Crippen molar-refractivity contribution in [3.05, 3.63) is 65.8 Å². The third kappa shape index (κ3) is 5.82. The number of carbonyl (C=O) groups excluding carboxylic acids is 2. The number of para-hydroxylation sites is 2. The highest BCUT2D eigenvalue weighted by molar-refractivity contribution is 7.80. The third-order valence-electron chi connectivity index (χ3n) is 5.15. The van der Waals surface area contributed by atoms with Crippen LogP contribution in [0.15, 0.2) is 48.5 Å². The van der Waals surface area contributed by atoms with Gasteiger partial charge in [0, 0.05) is 41.8 Å². The van der Waals surface area contributed by atoms with E-state index in [1.54, 1.807) is 13.8 Å². The van der Waals surface area contributed by atoms with Crippen LogP contribution >= 0.6 is 12.6 Å². The second-order valence-corrected chi connectivity index (χ2v) is 8.67. The molecule has 0 aromatic heterocycles. The third-order valence-corrected chi connectivity index (χ3v) is 5.37. The molecule has 1 unspecified atom stereocenters. The summed E-state index contributed by atoms with van der Waals surface area (Å²) in [4.78, 5) is 24.1.